The van der Waals surface area contributed by atoms with Crippen LogP contribution in [0.25, 0.3) is 10.4 Å². The largest absolute Gasteiger partial charge is 0.568 e. The normalized spacial score (nSPS) is 11.2. The summed E-state index contributed by atoms with van der Waals surface area (Å²) in [5.41, 5.74) is 1.71. The maximum atomic E-state index is 11.8. The summed E-state index contributed by atoms with van der Waals surface area (Å²) in [6, 6.07) is 25.9. The summed E-state index contributed by atoms with van der Waals surface area (Å²) in [5, 5.41) is 9.36. The number of hydrogen-bond donors (Lipinski definition) is 1. The number of aromatic hydroxyl groups is 1. The first-order valence-electron chi connectivity index (χ1n) is 8.64. The molecule has 6 heteroatoms. The predicted octanol–water partition coefficient (Wildman–Crippen LogP) is 5.55. The number of hydrogen-bond acceptors (Lipinski definition) is 5. The van der Waals surface area contributed by atoms with E-state index in [2.05, 4.69) is 4.37 Å². The van der Waals surface area contributed by atoms with E-state index in [1.165, 1.54) is 6.07 Å². The van der Waals surface area contributed by atoms with E-state index in [-0.39, 0.29) is 5.88 Å². The number of aromatic nitrogens is 1. The van der Waals surface area contributed by atoms with Gasteiger partial charge in [-0.3, -0.25) is 0 Å². The Kier molecular flexibility index (Phi) is 5.23. The van der Waals surface area contributed by atoms with Crippen molar-refractivity contribution in [3.63, 3.8) is 0 Å². The van der Waals surface area contributed by atoms with E-state index in [4.69, 9.17) is 9.47 Å². The quantitative estimate of drug-likeness (QED) is 0.436. The van der Waals surface area contributed by atoms with Gasteiger partial charge < -0.3 is 19.1 Å². The highest BCUT2D eigenvalue weighted by Gasteiger charge is 2.14. The summed E-state index contributed by atoms with van der Waals surface area (Å²) < 4.78 is 27.1. The van der Waals surface area contributed by atoms with Gasteiger partial charge in [0.1, 0.15) is 23.9 Å². The monoisotopic (exact) mass is 391 g/mol. The third-order valence-electron chi connectivity index (χ3n) is 4.05. The standard InChI is InChI=1S/C22H17NO4S/c24-22-14-21(28(25)23-22)17-9-11-18(12-10-17)26-15-16-5-4-8-20(13-16)27-19-6-2-1-3-7-19/h1-14H,15H2,(H,23,24). The van der Waals surface area contributed by atoms with Gasteiger partial charge in [-0.05, 0) is 54.1 Å². The molecule has 0 amide bonds. The summed E-state index contributed by atoms with van der Waals surface area (Å²) in [6.45, 7) is 0.393. The van der Waals surface area contributed by atoms with E-state index in [0.717, 1.165) is 22.6 Å². The van der Waals surface area contributed by atoms with Crippen molar-refractivity contribution in [3.8, 4) is 33.6 Å². The Morgan fingerprint density at radius 1 is 0.821 bits per heavy atom. The van der Waals surface area contributed by atoms with E-state index in [0.29, 0.717) is 17.2 Å². The fourth-order valence-electron chi connectivity index (χ4n) is 2.72. The van der Waals surface area contributed by atoms with Crippen LogP contribution in [-0.4, -0.2) is 14.0 Å². The maximum absolute atomic E-state index is 11.8. The molecule has 1 N–H and O–H groups in total. The van der Waals surface area contributed by atoms with E-state index >= 15 is 0 Å². The second-order valence-electron chi connectivity index (χ2n) is 6.08. The van der Waals surface area contributed by atoms with Gasteiger partial charge in [-0.2, -0.15) is 0 Å². The highest BCUT2D eigenvalue weighted by molar-refractivity contribution is 7.23. The van der Waals surface area contributed by atoms with Gasteiger partial charge in [-0.15, -0.1) is 0 Å². The van der Waals surface area contributed by atoms with Crippen molar-refractivity contribution in [2.75, 3.05) is 0 Å². The van der Waals surface area contributed by atoms with Gasteiger partial charge >= 0.3 is 0 Å². The number of benzene rings is 3. The Hall–Kier alpha value is -3.35. The van der Waals surface area contributed by atoms with Gasteiger partial charge in [0.25, 0.3) is 5.88 Å². The Balaban J connectivity index is 1.40. The van der Waals surface area contributed by atoms with Crippen LogP contribution in [0.3, 0.4) is 0 Å². The first-order chi connectivity index (χ1) is 13.7. The summed E-state index contributed by atoms with van der Waals surface area (Å²) in [5.74, 6) is 2.00. The van der Waals surface area contributed by atoms with Crippen molar-refractivity contribution in [2.24, 2.45) is 0 Å². The average Bonchev–Trinajstić information content (AvgIpc) is 3.06. The molecule has 1 aromatic heterocycles. The number of para-hydroxylation sites is 1. The minimum absolute atomic E-state index is 0.216. The lowest BCUT2D eigenvalue weighted by Crippen LogP contribution is -1.96. The minimum atomic E-state index is -1.56. The van der Waals surface area contributed by atoms with Crippen LogP contribution in [0.1, 0.15) is 5.56 Å². The van der Waals surface area contributed by atoms with Crippen LogP contribution in [0, 0.1) is 0 Å². The Bertz CT molecular complexity index is 1060. The van der Waals surface area contributed by atoms with Crippen LogP contribution >= 0.6 is 10.9 Å². The molecule has 0 saturated heterocycles. The van der Waals surface area contributed by atoms with Gasteiger partial charge in [0, 0.05) is 9.94 Å². The molecule has 0 aliphatic carbocycles. The van der Waals surface area contributed by atoms with Crippen molar-refractivity contribution in [1.82, 2.24) is 4.37 Å². The Labute approximate surface area is 165 Å². The minimum Gasteiger partial charge on any atom is -0.568 e. The molecule has 0 saturated carbocycles. The second-order valence-corrected chi connectivity index (χ2v) is 7.20. The lowest BCUT2D eigenvalue weighted by Gasteiger charge is -2.09. The number of rotatable bonds is 6. The molecule has 28 heavy (non-hydrogen) atoms. The number of ether oxygens (including phenoxy) is 2. The smallest absolute Gasteiger partial charge is 0.270 e. The van der Waals surface area contributed by atoms with Crippen molar-refractivity contribution in [1.29, 1.82) is 0 Å². The van der Waals surface area contributed by atoms with Crippen LogP contribution < -0.4 is 9.47 Å². The van der Waals surface area contributed by atoms with Gasteiger partial charge in [0.2, 0.25) is 4.88 Å². The highest BCUT2D eigenvalue weighted by atomic mass is 32.2. The van der Waals surface area contributed by atoms with Crippen molar-refractivity contribution >= 4 is 10.9 Å². The molecule has 1 heterocycles. The molecule has 5 nitrogen and oxygen atoms in total. The van der Waals surface area contributed by atoms with E-state index in [9.17, 15) is 9.66 Å². The van der Waals surface area contributed by atoms with Gasteiger partial charge in [0.05, 0.1) is 17.0 Å². The van der Waals surface area contributed by atoms with Gasteiger partial charge in [0.15, 0.2) is 0 Å². The first kappa shape index (κ1) is 18.0. The molecule has 1 atom stereocenters. The molecule has 140 valence electrons. The maximum Gasteiger partial charge on any atom is 0.270 e. The van der Waals surface area contributed by atoms with Gasteiger partial charge in [-0.1, -0.05) is 30.3 Å². The first-order valence-corrected chi connectivity index (χ1v) is 9.74. The zero-order chi connectivity index (χ0) is 19.3. The van der Waals surface area contributed by atoms with Gasteiger partial charge in [-0.25, -0.2) is 0 Å². The Morgan fingerprint density at radius 3 is 2.29 bits per heavy atom. The molecule has 4 rings (SSSR count). The zero-order valence-corrected chi connectivity index (χ0v) is 15.6. The molecule has 0 aliphatic rings. The van der Waals surface area contributed by atoms with Crippen LogP contribution in [0.2, 0.25) is 0 Å². The molecule has 1 unspecified atom stereocenters. The molecular weight excluding hydrogens is 374 g/mol. The van der Waals surface area contributed by atoms with Crippen LogP contribution in [-0.2, 0) is 6.61 Å². The van der Waals surface area contributed by atoms with Crippen LogP contribution in [0.4, 0.5) is 0 Å². The van der Waals surface area contributed by atoms with Crippen molar-refractivity contribution < 1.29 is 19.1 Å². The molecule has 4 aromatic rings. The summed E-state index contributed by atoms with van der Waals surface area (Å²) in [6.07, 6.45) is 0. The summed E-state index contributed by atoms with van der Waals surface area (Å²) in [7, 11) is -1.56. The van der Waals surface area contributed by atoms with Crippen LogP contribution in [0.5, 0.6) is 23.1 Å². The molecule has 0 bridgehead atoms. The lowest BCUT2D eigenvalue weighted by atomic mass is 10.2. The van der Waals surface area contributed by atoms with Crippen molar-refractivity contribution in [3.05, 3.63) is 90.5 Å². The third kappa shape index (κ3) is 4.31. The SMILES string of the molecule is [O-][s+]1nc(O)cc1-c1ccc(OCc2cccc(Oc3ccccc3)c2)cc1. The zero-order valence-electron chi connectivity index (χ0n) is 14.8. The van der Waals surface area contributed by atoms with E-state index in [1.54, 1.807) is 24.3 Å². The molecule has 0 aliphatic heterocycles. The fraction of sp³-hybridized carbons (Fsp3) is 0.0455. The lowest BCUT2D eigenvalue weighted by molar-refractivity contribution is 0.305. The Morgan fingerprint density at radius 2 is 1.57 bits per heavy atom. The second kappa shape index (κ2) is 8.12. The third-order valence-corrected chi connectivity index (χ3v) is 5.13. The van der Waals surface area contributed by atoms with Crippen LogP contribution in [0.15, 0.2) is 84.9 Å². The van der Waals surface area contributed by atoms with E-state index in [1.807, 2.05) is 54.6 Å². The summed E-state index contributed by atoms with van der Waals surface area (Å²) in [4.78, 5) is 0.481. The van der Waals surface area contributed by atoms with E-state index < -0.39 is 10.9 Å². The molecule has 3 aromatic carbocycles. The molecular formula is C22H17NO4S. The molecule has 0 radical (unpaired) electrons. The highest BCUT2D eigenvalue weighted by Crippen LogP contribution is 2.34. The molecule has 0 fully saturated rings. The average molecular weight is 391 g/mol. The van der Waals surface area contributed by atoms with Crippen molar-refractivity contribution in [2.45, 2.75) is 6.61 Å². The summed E-state index contributed by atoms with van der Waals surface area (Å²) >= 11 is 0. The fourth-order valence-corrected chi connectivity index (χ4v) is 3.58. The topological polar surface area (TPSA) is 74.6 Å². The number of nitrogens with zero attached hydrogens (tertiary/aromatic N) is 1. The predicted molar refractivity (Wildman–Crippen MR) is 107 cm³/mol. The molecule has 0 spiro atoms.